The molecule has 0 bridgehead atoms. The van der Waals surface area contributed by atoms with E-state index < -0.39 is 0 Å². The van der Waals surface area contributed by atoms with Crippen LogP contribution in [0.5, 0.6) is 0 Å². The number of H-pyrrole nitrogens is 1. The van der Waals surface area contributed by atoms with Crippen LogP contribution in [0.3, 0.4) is 0 Å². The van der Waals surface area contributed by atoms with Gasteiger partial charge in [0.05, 0.1) is 15.1 Å². The standard InChI is InChI=1S/C13H10Cl2N2OS2/c1-2-7(14)11-16-12(18)10-6(5-19-13(10)17-11)8-3-4-9(15)20-8/h3-5,7H,2H2,1H3,(H,16,17,18). The second kappa shape index (κ2) is 5.48. The molecule has 1 N–H and O–H groups in total. The van der Waals surface area contributed by atoms with Crippen LogP contribution in [0.25, 0.3) is 20.7 Å². The van der Waals surface area contributed by atoms with Gasteiger partial charge in [-0.15, -0.1) is 34.3 Å². The fraction of sp³-hybridized carbons (Fsp3) is 0.231. The van der Waals surface area contributed by atoms with Crippen LogP contribution in [0.15, 0.2) is 22.3 Å². The minimum atomic E-state index is -0.270. The lowest BCUT2D eigenvalue weighted by Gasteiger charge is -2.05. The lowest BCUT2D eigenvalue weighted by Crippen LogP contribution is -2.12. The van der Waals surface area contributed by atoms with E-state index in [1.54, 1.807) is 0 Å². The second-order valence-electron chi connectivity index (χ2n) is 4.26. The third-order valence-electron chi connectivity index (χ3n) is 2.96. The molecule has 0 saturated carbocycles. The number of fused-ring (bicyclic) bond motifs is 1. The number of halogens is 2. The predicted molar refractivity (Wildman–Crippen MR) is 87.4 cm³/mol. The number of rotatable bonds is 3. The van der Waals surface area contributed by atoms with Crippen molar-refractivity contribution in [3.05, 3.63) is 38.0 Å². The fourth-order valence-electron chi connectivity index (χ4n) is 1.95. The van der Waals surface area contributed by atoms with Crippen molar-refractivity contribution < 1.29 is 0 Å². The van der Waals surface area contributed by atoms with E-state index in [1.165, 1.54) is 22.7 Å². The average Bonchev–Trinajstić information content (AvgIpc) is 3.03. The predicted octanol–water partition coefficient (Wildman–Crippen LogP) is 5.06. The number of alkyl halides is 1. The highest BCUT2D eigenvalue weighted by Gasteiger charge is 2.16. The van der Waals surface area contributed by atoms with Crippen LogP contribution >= 0.6 is 45.9 Å². The van der Waals surface area contributed by atoms with Gasteiger partial charge in [0, 0.05) is 15.8 Å². The van der Waals surface area contributed by atoms with Gasteiger partial charge in [0.15, 0.2) is 0 Å². The van der Waals surface area contributed by atoms with Crippen LogP contribution in [0.1, 0.15) is 24.5 Å². The van der Waals surface area contributed by atoms with Gasteiger partial charge in [-0.25, -0.2) is 4.98 Å². The Labute approximate surface area is 133 Å². The summed E-state index contributed by atoms with van der Waals surface area (Å²) in [6, 6.07) is 3.74. The molecule has 3 nitrogen and oxygen atoms in total. The molecular weight excluding hydrogens is 335 g/mol. The van der Waals surface area contributed by atoms with E-state index in [4.69, 9.17) is 23.2 Å². The summed E-state index contributed by atoms with van der Waals surface area (Å²) in [4.78, 5) is 21.2. The van der Waals surface area contributed by atoms with E-state index in [0.29, 0.717) is 20.4 Å². The summed E-state index contributed by atoms with van der Waals surface area (Å²) in [6.45, 7) is 1.95. The number of hydrogen-bond acceptors (Lipinski definition) is 4. The third-order valence-corrected chi connectivity index (χ3v) is 5.61. The van der Waals surface area contributed by atoms with Crippen molar-refractivity contribution in [2.75, 3.05) is 0 Å². The van der Waals surface area contributed by atoms with E-state index in [0.717, 1.165) is 16.9 Å². The molecule has 0 saturated heterocycles. The number of hydrogen-bond donors (Lipinski definition) is 1. The minimum absolute atomic E-state index is 0.148. The van der Waals surface area contributed by atoms with Crippen molar-refractivity contribution in [3.63, 3.8) is 0 Å². The van der Waals surface area contributed by atoms with Crippen molar-refractivity contribution >= 4 is 56.1 Å². The third kappa shape index (κ3) is 2.39. The molecule has 0 amide bonds. The maximum atomic E-state index is 12.3. The Bertz CT molecular complexity index is 821. The Morgan fingerprint density at radius 2 is 2.25 bits per heavy atom. The van der Waals surface area contributed by atoms with Gasteiger partial charge in [-0.1, -0.05) is 18.5 Å². The van der Waals surface area contributed by atoms with Crippen molar-refractivity contribution in [1.82, 2.24) is 9.97 Å². The number of thiophene rings is 2. The fourth-order valence-corrected chi connectivity index (χ4v) is 4.14. The molecule has 20 heavy (non-hydrogen) atoms. The van der Waals surface area contributed by atoms with Crippen LogP contribution in [-0.4, -0.2) is 9.97 Å². The van der Waals surface area contributed by atoms with Crippen LogP contribution in [0, 0.1) is 0 Å². The monoisotopic (exact) mass is 344 g/mol. The molecule has 0 fully saturated rings. The summed E-state index contributed by atoms with van der Waals surface area (Å²) in [5.41, 5.74) is 0.731. The van der Waals surface area contributed by atoms with E-state index in [9.17, 15) is 4.79 Å². The topological polar surface area (TPSA) is 45.8 Å². The van der Waals surface area contributed by atoms with Crippen molar-refractivity contribution in [2.24, 2.45) is 0 Å². The lowest BCUT2D eigenvalue weighted by molar-refractivity contribution is 0.807. The average molecular weight is 345 g/mol. The smallest absolute Gasteiger partial charge is 0.260 e. The molecule has 3 aromatic heterocycles. The summed E-state index contributed by atoms with van der Waals surface area (Å²) < 4.78 is 0.701. The van der Waals surface area contributed by atoms with Crippen molar-refractivity contribution in [1.29, 1.82) is 0 Å². The molecule has 1 unspecified atom stereocenters. The van der Waals surface area contributed by atoms with Crippen LogP contribution in [0.4, 0.5) is 0 Å². The first-order chi connectivity index (χ1) is 9.60. The van der Waals surface area contributed by atoms with E-state index in [1.807, 2.05) is 24.4 Å². The summed E-state index contributed by atoms with van der Waals surface area (Å²) >= 11 is 15.0. The Morgan fingerprint density at radius 1 is 1.45 bits per heavy atom. The largest absolute Gasteiger partial charge is 0.309 e. The molecule has 3 aromatic rings. The maximum Gasteiger partial charge on any atom is 0.260 e. The molecule has 104 valence electrons. The first-order valence-electron chi connectivity index (χ1n) is 6.01. The van der Waals surface area contributed by atoms with Gasteiger partial charge in [0.2, 0.25) is 0 Å². The zero-order valence-electron chi connectivity index (χ0n) is 10.4. The minimum Gasteiger partial charge on any atom is -0.309 e. The molecule has 0 aromatic carbocycles. The van der Waals surface area contributed by atoms with Gasteiger partial charge >= 0.3 is 0 Å². The van der Waals surface area contributed by atoms with Crippen LogP contribution < -0.4 is 5.56 Å². The summed E-state index contributed by atoms with van der Waals surface area (Å²) in [5, 5.41) is 2.28. The zero-order chi connectivity index (χ0) is 14.3. The molecule has 7 heteroatoms. The van der Waals surface area contributed by atoms with Gasteiger partial charge in [0.1, 0.15) is 10.7 Å². The van der Waals surface area contributed by atoms with Gasteiger partial charge in [0.25, 0.3) is 5.56 Å². The molecule has 0 spiro atoms. The lowest BCUT2D eigenvalue weighted by atomic mass is 10.2. The highest BCUT2D eigenvalue weighted by molar-refractivity contribution is 7.21. The van der Waals surface area contributed by atoms with Crippen LogP contribution in [-0.2, 0) is 0 Å². The molecular formula is C13H10Cl2N2OS2. The quantitative estimate of drug-likeness (QED) is 0.675. The van der Waals surface area contributed by atoms with Gasteiger partial charge in [-0.3, -0.25) is 4.79 Å². The number of aromatic amines is 1. The molecule has 0 aliphatic rings. The highest BCUT2D eigenvalue weighted by Crippen LogP contribution is 2.37. The highest BCUT2D eigenvalue weighted by atomic mass is 35.5. The molecule has 0 radical (unpaired) electrons. The SMILES string of the molecule is CCC(Cl)c1nc2scc(-c3ccc(Cl)s3)c2c(=O)[nH]1. The first-order valence-corrected chi connectivity index (χ1v) is 8.52. The van der Waals surface area contributed by atoms with E-state index in [-0.39, 0.29) is 10.9 Å². The van der Waals surface area contributed by atoms with Gasteiger partial charge in [-0.05, 0) is 18.6 Å². The van der Waals surface area contributed by atoms with E-state index in [2.05, 4.69) is 9.97 Å². The zero-order valence-corrected chi connectivity index (χ0v) is 13.6. The second-order valence-corrected chi connectivity index (χ2v) is 7.36. The number of aromatic nitrogens is 2. The number of nitrogens with one attached hydrogen (secondary N) is 1. The Balaban J connectivity index is 2.21. The number of nitrogens with zero attached hydrogens (tertiary/aromatic N) is 1. The molecule has 3 heterocycles. The summed E-state index contributed by atoms with van der Waals surface area (Å²) in [6.07, 6.45) is 0.717. The maximum absolute atomic E-state index is 12.3. The first kappa shape index (κ1) is 14.1. The molecule has 1 atom stereocenters. The Kier molecular flexibility index (Phi) is 3.86. The van der Waals surface area contributed by atoms with Gasteiger partial charge < -0.3 is 4.98 Å². The van der Waals surface area contributed by atoms with Crippen molar-refractivity contribution in [3.8, 4) is 10.4 Å². The normalized spacial score (nSPS) is 12.9. The molecule has 3 rings (SSSR count). The Hall–Kier alpha value is -0.880. The Morgan fingerprint density at radius 3 is 2.90 bits per heavy atom. The van der Waals surface area contributed by atoms with Crippen LogP contribution in [0.2, 0.25) is 4.34 Å². The molecule has 0 aliphatic heterocycles. The van der Waals surface area contributed by atoms with Crippen molar-refractivity contribution in [2.45, 2.75) is 18.7 Å². The summed E-state index contributed by atoms with van der Waals surface area (Å²) in [7, 11) is 0. The molecule has 0 aliphatic carbocycles. The van der Waals surface area contributed by atoms with Gasteiger partial charge in [-0.2, -0.15) is 0 Å². The van der Waals surface area contributed by atoms with E-state index >= 15 is 0 Å². The summed E-state index contributed by atoms with van der Waals surface area (Å²) in [5.74, 6) is 0.532.